The molecule has 0 spiro atoms. The Morgan fingerprint density at radius 2 is 2.33 bits per heavy atom. The largest absolute Gasteiger partial charge is 0.339 e. The van der Waals surface area contributed by atoms with Gasteiger partial charge in [-0.05, 0) is 12.8 Å². The highest BCUT2D eigenvalue weighted by Crippen LogP contribution is 2.32. The molecule has 0 saturated heterocycles. The van der Waals surface area contributed by atoms with Crippen LogP contribution in [0.25, 0.3) is 11.2 Å². The summed E-state index contributed by atoms with van der Waals surface area (Å²) < 4.78 is 0. The Labute approximate surface area is 87.1 Å². The van der Waals surface area contributed by atoms with Crippen molar-refractivity contribution in [3.8, 4) is 0 Å². The molecule has 2 aromatic heterocycles. The number of nitrogens with zero attached hydrogens (tertiary/aromatic N) is 3. The zero-order chi connectivity index (χ0) is 10.3. The van der Waals surface area contributed by atoms with Crippen LogP contribution in [-0.4, -0.2) is 26.0 Å². The van der Waals surface area contributed by atoms with E-state index in [2.05, 4.69) is 19.9 Å². The summed E-state index contributed by atoms with van der Waals surface area (Å²) >= 11 is 0. The third-order valence-corrected chi connectivity index (χ3v) is 3.10. The van der Waals surface area contributed by atoms with Gasteiger partial charge < -0.3 is 10.7 Å². The Hall–Kier alpha value is -1.49. The second-order valence-corrected chi connectivity index (χ2v) is 4.08. The Kier molecular flexibility index (Phi) is 1.92. The molecule has 3 N–H and O–H groups in total. The maximum Gasteiger partial charge on any atom is 0.180 e. The molecule has 0 bridgehead atoms. The molecule has 0 amide bonds. The Bertz CT molecular complexity index is 444. The molecule has 2 unspecified atom stereocenters. The first-order valence-corrected chi connectivity index (χ1v) is 5.26. The fourth-order valence-corrected chi connectivity index (χ4v) is 2.28. The number of imidazole rings is 1. The van der Waals surface area contributed by atoms with Crippen molar-refractivity contribution in [2.45, 2.75) is 31.2 Å². The molecular formula is C10H13N5. The van der Waals surface area contributed by atoms with Gasteiger partial charge in [-0.15, -0.1) is 0 Å². The lowest BCUT2D eigenvalue weighted by Gasteiger charge is -2.11. The molecule has 3 rings (SSSR count). The lowest BCUT2D eigenvalue weighted by molar-refractivity contribution is 0.588. The van der Waals surface area contributed by atoms with Gasteiger partial charge in [0, 0.05) is 12.0 Å². The molecule has 2 atom stereocenters. The van der Waals surface area contributed by atoms with Gasteiger partial charge in [-0.2, -0.15) is 0 Å². The molecule has 1 saturated carbocycles. The molecule has 0 aliphatic heterocycles. The number of nitrogens with one attached hydrogen (secondary N) is 1. The van der Waals surface area contributed by atoms with Crippen LogP contribution in [0, 0.1) is 0 Å². The zero-order valence-electron chi connectivity index (χ0n) is 8.35. The van der Waals surface area contributed by atoms with Crippen LogP contribution in [0.5, 0.6) is 0 Å². The Morgan fingerprint density at radius 3 is 3.07 bits per heavy atom. The van der Waals surface area contributed by atoms with E-state index in [-0.39, 0.29) is 6.04 Å². The summed E-state index contributed by atoms with van der Waals surface area (Å²) in [7, 11) is 0. The van der Waals surface area contributed by atoms with Crippen molar-refractivity contribution in [1.29, 1.82) is 0 Å². The standard InChI is InChI=1S/C10H13N5/c11-7-3-1-2-6(7)9-14-8-4-12-5-13-10(8)15-9/h4-7H,1-3,11H2,(H,12,13,14,15). The fraction of sp³-hybridized carbons (Fsp3) is 0.500. The van der Waals surface area contributed by atoms with Crippen molar-refractivity contribution in [1.82, 2.24) is 19.9 Å². The number of aromatic amines is 1. The Morgan fingerprint density at radius 1 is 1.40 bits per heavy atom. The van der Waals surface area contributed by atoms with Crippen LogP contribution in [0.2, 0.25) is 0 Å². The maximum atomic E-state index is 6.04. The minimum atomic E-state index is 0.235. The van der Waals surface area contributed by atoms with Gasteiger partial charge in [0.1, 0.15) is 17.7 Å². The highest BCUT2D eigenvalue weighted by molar-refractivity contribution is 5.68. The van der Waals surface area contributed by atoms with Gasteiger partial charge in [0.2, 0.25) is 0 Å². The second-order valence-electron chi connectivity index (χ2n) is 4.08. The molecular weight excluding hydrogens is 190 g/mol. The van der Waals surface area contributed by atoms with Crippen LogP contribution in [0.15, 0.2) is 12.5 Å². The van der Waals surface area contributed by atoms with Gasteiger partial charge in [-0.3, -0.25) is 0 Å². The highest BCUT2D eigenvalue weighted by Gasteiger charge is 2.28. The number of fused-ring (bicyclic) bond motifs is 1. The third kappa shape index (κ3) is 1.39. The van der Waals surface area contributed by atoms with E-state index in [4.69, 9.17) is 5.73 Å². The Balaban J connectivity index is 2.04. The lowest BCUT2D eigenvalue weighted by atomic mass is 10.0. The molecule has 0 aromatic carbocycles. The molecule has 2 heterocycles. The lowest BCUT2D eigenvalue weighted by Crippen LogP contribution is -2.23. The maximum absolute atomic E-state index is 6.04. The number of H-pyrrole nitrogens is 1. The number of nitrogens with two attached hydrogens (primary N) is 1. The average Bonchev–Trinajstić information content (AvgIpc) is 2.82. The third-order valence-electron chi connectivity index (χ3n) is 3.10. The van der Waals surface area contributed by atoms with Crippen LogP contribution in [-0.2, 0) is 0 Å². The van der Waals surface area contributed by atoms with Gasteiger partial charge >= 0.3 is 0 Å². The molecule has 5 heteroatoms. The summed E-state index contributed by atoms with van der Waals surface area (Å²) in [5, 5.41) is 0. The van der Waals surface area contributed by atoms with Gasteiger partial charge in [-0.1, -0.05) is 6.42 Å². The molecule has 1 aliphatic rings. The normalized spacial score (nSPS) is 26.2. The minimum absolute atomic E-state index is 0.235. The molecule has 15 heavy (non-hydrogen) atoms. The summed E-state index contributed by atoms with van der Waals surface area (Å²) in [6.07, 6.45) is 6.66. The van der Waals surface area contributed by atoms with Crippen LogP contribution in [0.3, 0.4) is 0 Å². The van der Waals surface area contributed by atoms with E-state index in [9.17, 15) is 0 Å². The molecule has 5 nitrogen and oxygen atoms in total. The summed E-state index contributed by atoms with van der Waals surface area (Å²) in [4.78, 5) is 15.8. The van der Waals surface area contributed by atoms with E-state index in [1.165, 1.54) is 12.7 Å². The van der Waals surface area contributed by atoms with E-state index in [0.717, 1.165) is 29.8 Å². The zero-order valence-corrected chi connectivity index (χ0v) is 8.35. The van der Waals surface area contributed by atoms with Crippen molar-refractivity contribution < 1.29 is 0 Å². The molecule has 2 aromatic rings. The van der Waals surface area contributed by atoms with Crippen molar-refractivity contribution in [3.63, 3.8) is 0 Å². The first kappa shape index (κ1) is 8.79. The minimum Gasteiger partial charge on any atom is -0.339 e. The van der Waals surface area contributed by atoms with E-state index in [1.54, 1.807) is 6.20 Å². The summed E-state index contributed by atoms with van der Waals surface area (Å²) in [5.41, 5.74) is 7.67. The topological polar surface area (TPSA) is 80.5 Å². The van der Waals surface area contributed by atoms with Crippen LogP contribution < -0.4 is 5.73 Å². The highest BCUT2D eigenvalue weighted by atomic mass is 15.0. The smallest absolute Gasteiger partial charge is 0.180 e. The summed E-state index contributed by atoms with van der Waals surface area (Å²) in [6.45, 7) is 0. The molecule has 1 aliphatic carbocycles. The van der Waals surface area contributed by atoms with Crippen molar-refractivity contribution >= 4 is 11.2 Å². The average molecular weight is 203 g/mol. The van der Waals surface area contributed by atoms with Gasteiger partial charge in [0.05, 0.1) is 6.20 Å². The molecule has 78 valence electrons. The van der Waals surface area contributed by atoms with Crippen molar-refractivity contribution in [2.24, 2.45) is 5.73 Å². The number of aromatic nitrogens is 4. The first-order chi connectivity index (χ1) is 7.34. The quantitative estimate of drug-likeness (QED) is 0.723. The van der Waals surface area contributed by atoms with Crippen molar-refractivity contribution in [3.05, 3.63) is 18.3 Å². The molecule has 1 fully saturated rings. The van der Waals surface area contributed by atoms with Gasteiger partial charge in [0.25, 0.3) is 0 Å². The van der Waals surface area contributed by atoms with E-state index >= 15 is 0 Å². The number of rotatable bonds is 1. The fourth-order valence-electron chi connectivity index (χ4n) is 2.28. The summed E-state index contributed by atoms with van der Waals surface area (Å²) in [5.74, 6) is 1.33. The van der Waals surface area contributed by atoms with E-state index in [1.807, 2.05) is 0 Å². The van der Waals surface area contributed by atoms with Crippen LogP contribution in [0.1, 0.15) is 31.0 Å². The van der Waals surface area contributed by atoms with E-state index in [0.29, 0.717) is 5.92 Å². The summed E-state index contributed by atoms with van der Waals surface area (Å²) in [6, 6.07) is 0.235. The predicted octanol–water partition coefficient (Wildman–Crippen LogP) is 0.948. The number of hydrogen-bond donors (Lipinski definition) is 2. The number of hydrogen-bond acceptors (Lipinski definition) is 4. The van der Waals surface area contributed by atoms with Crippen LogP contribution >= 0.6 is 0 Å². The van der Waals surface area contributed by atoms with Gasteiger partial charge in [-0.25, -0.2) is 15.0 Å². The van der Waals surface area contributed by atoms with Crippen LogP contribution in [0.4, 0.5) is 0 Å². The molecule has 0 radical (unpaired) electrons. The first-order valence-electron chi connectivity index (χ1n) is 5.26. The van der Waals surface area contributed by atoms with Gasteiger partial charge in [0.15, 0.2) is 5.65 Å². The van der Waals surface area contributed by atoms with E-state index < -0.39 is 0 Å². The van der Waals surface area contributed by atoms with Crippen molar-refractivity contribution in [2.75, 3.05) is 0 Å². The second kappa shape index (κ2) is 3.27. The SMILES string of the molecule is NC1CCCC1c1nc2ncncc2[nH]1. The predicted molar refractivity (Wildman–Crippen MR) is 56.3 cm³/mol. The monoisotopic (exact) mass is 203 g/mol.